The van der Waals surface area contributed by atoms with Crippen LogP contribution in [0.3, 0.4) is 0 Å². The number of benzene rings is 1. The second-order valence-electron chi connectivity index (χ2n) is 5.21. The molecule has 2 heterocycles. The zero-order valence-corrected chi connectivity index (χ0v) is 15.3. The number of hydrogen-bond acceptors (Lipinski definition) is 8. The summed E-state index contributed by atoms with van der Waals surface area (Å²) in [6, 6.07) is 5.17. The monoisotopic (exact) mass is 387 g/mol. The third-order valence-corrected chi connectivity index (χ3v) is 4.11. The normalized spacial score (nSPS) is 10.4. The molecule has 3 aromatic rings. The van der Waals surface area contributed by atoms with E-state index in [0.717, 1.165) is 4.40 Å². The van der Waals surface area contributed by atoms with Crippen LogP contribution in [0.1, 0.15) is 5.56 Å². The molecule has 27 heavy (non-hydrogen) atoms. The molecule has 11 heteroatoms. The molecule has 0 aliphatic rings. The molecule has 0 atom stereocenters. The summed E-state index contributed by atoms with van der Waals surface area (Å²) in [5.74, 6) is 1.08. The molecule has 0 unspecified atom stereocenters. The average Bonchev–Trinajstić information content (AvgIpc) is 2.68. The number of rotatable bonds is 4. The second-order valence-corrected chi connectivity index (χ2v) is 5.58. The van der Waals surface area contributed by atoms with E-state index >= 15 is 0 Å². The van der Waals surface area contributed by atoms with Crippen LogP contribution in [0.15, 0.2) is 21.7 Å². The van der Waals surface area contributed by atoms with Crippen LogP contribution in [0.2, 0.25) is 0 Å². The summed E-state index contributed by atoms with van der Waals surface area (Å²) in [7, 11) is 4.38. The zero-order chi connectivity index (χ0) is 19.7. The SMILES string of the molecule is COc1cc(-c2nc(=S)n3c(=O)c(=O)[nH][nH]c3c2C#N)cc(OC)c1OC. The highest BCUT2D eigenvalue weighted by molar-refractivity contribution is 7.71. The van der Waals surface area contributed by atoms with Crippen molar-refractivity contribution in [1.29, 1.82) is 5.26 Å². The highest BCUT2D eigenvalue weighted by Gasteiger charge is 2.20. The molecule has 0 saturated heterocycles. The highest BCUT2D eigenvalue weighted by Crippen LogP contribution is 2.41. The summed E-state index contributed by atoms with van der Waals surface area (Å²) in [6.07, 6.45) is 0. The Balaban J connectivity index is 2.45. The highest BCUT2D eigenvalue weighted by atomic mass is 32.1. The molecule has 0 amide bonds. The van der Waals surface area contributed by atoms with Gasteiger partial charge in [-0.2, -0.15) is 5.26 Å². The standard InChI is InChI=1S/C16H13N5O5S/c1-24-9-4-7(5-10(25-2)12(9)26-3)11-8(6-17)13-19-20-14(22)15(23)21(13)16(27)18-11/h4-5,19H,1-3H3,(H,20,22). The topological polar surface area (TPSA) is 134 Å². The fourth-order valence-electron chi connectivity index (χ4n) is 2.63. The number of hydrogen-bond donors (Lipinski definition) is 2. The minimum atomic E-state index is -0.936. The molecule has 0 aliphatic carbocycles. The molecule has 2 N–H and O–H groups in total. The van der Waals surface area contributed by atoms with E-state index in [-0.39, 0.29) is 21.7 Å². The van der Waals surface area contributed by atoms with Gasteiger partial charge >= 0.3 is 11.1 Å². The van der Waals surface area contributed by atoms with Crippen LogP contribution in [0, 0.1) is 16.1 Å². The number of aromatic nitrogens is 4. The molecule has 0 radical (unpaired) electrons. The Bertz CT molecular complexity index is 1240. The van der Waals surface area contributed by atoms with E-state index in [9.17, 15) is 14.9 Å². The van der Waals surface area contributed by atoms with Crippen molar-refractivity contribution in [2.45, 2.75) is 0 Å². The van der Waals surface area contributed by atoms with Gasteiger partial charge in [0, 0.05) is 5.56 Å². The van der Waals surface area contributed by atoms with Gasteiger partial charge in [-0.3, -0.25) is 19.8 Å². The molecule has 0 aliphatic heterocycles. The Morgan fingerprint density at radius 3 is 2.26 bits per heavy atom. The fraction of sp³-hybridized carbons (Fsp3) is 0.188. The molecule has 0 saturated carbocycles. The first kappa shape index (κ1) is 18.2. The van der Waals surface area contributed by atoms with Gasteiger partial charge in [0.15, 0.2) is 17.1 Å². The molecule has 0 fully saturated rings. The van der Waals surface area contributed by atoms with Crippen molar-refractivity contribution in [1.82, 2.24) is 19.6 Å². The lowest BCUT2D eigenvalue weighted by molar-refractivity contribution is 0.324. The maximum absolute atomic E-state index is 12.1. The van der Waals surface area contributed by atoms with Gasteiger partial charge in [0.1, 0.15) is 11.6 Å². The second kappa shape index (κ2) is 6.93. The summed E-state index contributed by atoms with van der Waals surface area (Å²) in [5.41, 5.74) is -1.19. The van der Waals surface area contributed by atoms with Gasteiger partial charge in [0.25, 0.3) is 0 Å². The molecule has 3 rings (SSSR count). The Labute approximate surface area is 156 Å². The number of nitrogens with zero attached hydrogens (tertiary/aromatic N) is 3. The van der Waals surface area contributed by atoms with Crippen molar-refractivity contribution >= 4 is 17.9 Å². The van der Waals surface area contributed by atoms with E-state index in [4.69, 9.17) is 26.4 Å². The van der Waals surface area contributed by atoms with Gasteiger partial charge in [-0.05, 0) is 24.4 Å². The van der Waals surface area contributed by atoms with Gasteiger partial charge in [0.2, 0.25) is 10.5 Å². The lowest BCUT2D eigenvalue weighted by Crippen LogP contribution is -2.35. The number of nitrogens with one attached hydrogen (secondary N) is 2. The minimum absolute atomic E-state index is 0.00576. The Morgan fingerprint density at radius 2 is 1.74 bits per heavy atom. The van der Waals surface area contributed by atoms with Crippen LogP contribution in [-0.2, 0) is 0 Å². The third-order valence-electron chi connectivity index (χ3n) is 3.84. The van der Waals surface area contributed by atoms with Crippen molar-refractivity contribution in [2.75, 3.05) is 21.3 Å². The van der Waals surface area contributed by atoms with Crippen LogP contribution in [-0.4, -0.2) is 40.9 Å². The van der Waals surface area contributed by atoms with Gasteiger partial charge in [-0.1, -0.05) is 0 Å². The number of fused-ring (bicyclic) bond motifs is 1. The molecular formula is C16H13N5O5S. The predicted molar refractivity (Wildman–Crippen MR) is 97.1 cm³/mol. The van der Waals surface area contributed by atoms with Crippen LogP contribution in [0.4, 0.5) is 0 Å². The van der Waals surface area contributed by atoms with Crippen molar-refractivity contribution in [2.24, 2.45) is 0 Å². The first-order valence-electron chi connectivity index (χ1n) is 7.45. The van der Waals surface area contributed by atoms with E-state index in [2.05, 4.69) is 15.2 Å². The van der Waals surface area contributed by atoms with Crippen molar-refractivity contribution < 1.29 is 14.2 Å². The van der Waals surface area contributed by atoms with E-state index in [1.54, 1.807) is 12.1 Å². The van der Waals surface area contributed by atoms with Gasteiger partial charge in [0.05, 0.1) is 27.0 Å². The predicted octanol–water partition coefficient (Wildman–Crippen LogP) is 1.00. The largest absolute Gasteiger partial charge is 0.493 e. The van der Waals surface area contributed by atoms with E-state index in [1.807, 2.05) is 6.07 Å². The summed E-state index contributed by atoms with van der Waals surface area (Å²) >= 11 is 5.15. The van der Waals surface area contributed by atoms with Crippen molar-refractivity contribution in [3.63, 3.8) is 0 Å². The molecule has 1 aromatic carbocycles. The Hall–Kier alpha value is -3.65. The Kier molecular flexibility index (Phi) is 4.66. The van der Waals surface area contributed by atoms with Crippen LogP contribution in [0.5, 0.6) is 17.2 Å². The number of nitriles is 1. The maximum Gasteiger partial charge on any atom is 0.328 e. The number of H-pyrrole nitrogens is 2. The van der Waals surface area contributed by atoms with Crippen molar-refractivity contribution in [3.8, 4) is 34.6 Å². The van der Waals surface area contributed by atoms with Gasteiger partial charge in [-0.15, -0.1) is 0 Å². The maximum atomic E-state index is 12.1. The molecule has 138 valence electrons. The first-order valence-corrected chi connectivity index (χ1v) is 7.85. The summed E-state index contributed by atoms with van der Waals surface area (Å²) in [6.45, 7) is 0. The molecule has 0 bridgehead atoms. The van der Waals surface area contributed by atoms with E-state index in [1.165, 1.54) is 21.3 Å². The lowest BCUT2D eigenvalue weighted by atomic mass is 10.1. The van der Waals surface area contributed by atoms with Crippen LogP contribution < -0.4 is 25.3 Å². The van der Waals surface area contributed by atoms with Crippen LogP contribution >= 0.6 is 12.2 Å². The molecular weight excluding hydrogens is 374 g/mol. The van der Waals surface area contributed by atoms with Crippen LogP contribution in [0.25, 0.3) is 16.9 Å². The number of methoxy groups -OCH3 is 3. The summed E-state index contributed by atoms with van der Waals surface area (Å²) < 4.78 is 16.6. The smallest absolute Gasteiger partial charge is 0.328 e. The molecule has 10 nitrogen and oxygen atoms in total. The van der Waals surface area contributed by atoms with Gasteiger partial charge in [-0.25, -0.2) is 9.38 Å². The third kappa shape index (κ3) is 2.81. The summed E-state index contributed by atoms with van der Waals surface area (Å²) in [5, 5.41) is 14.3. The van der Waals surface area contributed by atoms with Gasteiger partial charge < -0.3 is 14.2 Å². The number of ether oxygens (including phenoxy) is 3. The molecule has 0 spiro atoms. The lowest BCUT2D eigenvalue weighted by Gasteiger charge is -2.15. The fourth-order valence-corrected chi connectivity index (χ4v) is 2.90. The average molecular weight is 387 g/mol. The molecule has 2 aromatic heterocycles. The number of aromatic amines is 2. The first-order chi connectivity index (χ1) is 13.0. The van der Waals surface area contributed by atoms with E-state index in [0.29, 0.717) is 22.8 Å². The quantitative estimate of drug-likeness (QED) is 0.500. The Morgan fingerprint density at radius 1 is 1.11 bits per heavy atom. The zero-order valence-electron chi connectivity index (χ0n) is 14.4. The summed E-state index contributed by atoms with van der Waals surface area (Å²) in [4.78, 5) is 27.8. The van der Waals surface area contributed by atoms with Crippen molar-refractivity contribution in [3.05, 3.63) is 43.2 Å². The van der Waals surface area contributed by atoms with E-state index < -0.39 is 11.1 Å². The minimum Gasteiger partial charge on any atom is -0.493 e.